The molecule has 0 fully saturated rings. The largest absolute Gasteiger partial charge is 0.481 e. The van der Waals surface area contributed by atoms with Gasteiger partial charge in [0.05, 0.1) is 29.9 Å². The number of carbonyl (C=O) groups is 2. The molecule has 0 bridgehead atoms. The van der Waals surface area contributed by atoms with Crippen molar-refractivity contribution in [1.29, 1.82) is 0 Å². The molecule has 1 heterocycles. The number of anilines is 1. The lowest BCUT2D eigenvalue weighted by molar-refractivity contribution is -0.139. The van der Waals surface area contributed by atoms with Crippen molar-refractivity contribution < 1.29 is 24.9 Å². The molecule has 1 amide bonds. The lowest BCUT2D eigenvalue weighted by Crippen LogP contribution is -2.22. The van der Waals surface area contributed by atoms with Crippen molar-refractivity contribution in [3.05, 3.63) is 100 Å². The van der Waals surface area contributed by atoms with Crippen LogP contribution in [0.4, 0.5) is 5.69 Å². The van der Waals surface area contributed by atoms with Crippen molar-refractivity contribution in [3.63, 3.8) is 0 Å². The maximum Gasteiger partial charge on any atom is 0.305 e. The highest BCUT2D eigenvalue weighted by Gasteiger charge is 2.31. The molecule has 0 spiro atoms. The number of aliphatic hydroxyl groups is 2. The van der Waals surface area contributed by atoms with E-state index in [0.717, 1.165) is 28.1 Å². The normalized spacial score (nSPS) is 12.7. The Bertz CT molecular complexity index is 1520. The molecule has 4 rings (SSSR count). The number of hydrogen-bond acceptors (Lipinski definition) is 4. The fourth-order valence-electron chi connectivity index (χ4n) is 5.21. The van der Waals surface area contributed by atoms with Crippen LogP contribution in [0, 0.1) is 0 Å². The van der Waals surface area contributed by atoms with Gasteiger partial charge in [0.1, 0.15) is 0 Å². The van der Waals surface area contributed by atoms with Gasteiger partial charge < -0.3 is 25.2 Å². The monoisotopic (exact) mass is 608 g/mol. The van der Waals surface area contributed by atoms with Gasteiger partial charge in [0.25, 0.3) is 5.91 Å². The summed E-state index contributed by atoms with van der Waals surface area (Å²) >= 11 is 12.3. The topological polar surface area (TPSA) is 112 Å². The summed E-state index contributed by atoms with van der Waals surface area (Å²) in [5.74, 6) is -1.50. The molecule has 0 radical (unpaired) electrons. The molecular weight excluding hydrogens is 575 g/mol. The molecule has 2 unspecified atom stereocenters. The van der Waals surface area contributed by atoms with Gasteiger partial charge in [0.15, 0.2) is 0 Å². The van der Waals surface area contributed by atoms with Crippen LogP contribution < -0.4 is 5.32 Å². The van der Waals surface area contributed by atoms with Gasteiger partial charge in [0, 0.05) is 33.5 Å². The van der Waals surface area contributed by atoms with Crippen LogP contribution in [-0.4, -0.2) is 44.0 Å². The molecule has 0 aliphatic rings. The minimum atomic E-state index is -1.16. The van der Waals surface area contributed by atoms with Crippen LogP contribution in [0.5, 0.6) is 0 Å². The van der Waals surface area contributed by atoms with Gasteiger partial charge >= 0.3 is 5.97 Å². The first-order valence-corrected chi connectivity index (χ1v) is 14.5. The van der Waals surface area contributed by atoms with Crippen LogP contribution in [0.25, 0.3) is 22.4 Å². The summed E-state index contributed by atoms with van der Waals surface area (Å²) < 4.78 is 2.06. The number of halogens is 2. The first-order chi connectivity index (χ1) is 20.0. The second-order valence-electron chi connectivity index (χ2n) is 10.6. The zero-order valence-electron chi connectivity index (χ0n) is 23.4. The zero-order chi connectivity index (χ0) is 30.4. The van der Waals surface area contributed by atoms with Gasteiger partial charge in [-0.25, -0.2) is 0 Å². The smallest absolute Gasteiger partial charge is 0.305 e. The second kappa shape index (κ2) is 14.0. The molecule has 1 aromatic heterocycles. The highest BCUT2D eigenvalue weighted by molar-refractivity contribution is 6.31. The Balaban J connectivity index is 1.89. The Labute approximate surface area is 255 Å². The fraction of sp³-hybridized carbons (Fsp3) is 0.273. The number of carboxylic acid groups (broad SMARTS) is 1. The zero-order valence-corrected chi connectivity index (χ0v) is 24.9. The molecule has 0 saturated heterocycles. The number of benzene rings is 3. The molecule has 42 heavy (non-hydrogen) atoms. The van der Waals surface area contributed by atoms with Crippen LogP contribution in [-0.2, 0) is 11.3 Å². The van der Waals surface area contributed by atoms with E-state index in [1.807, 2.05) is 56.3 Å². The third-order valence-electron chi connectivity index (χ3n) is 7.00. The Morgan fingerprint density at radius 1 is 0.833 bits per heavy atom. The maximum absolute atomic E-state index is 14.1. The van der Waals surface area contributed by atoms with Gasteiger partial charge in [-0.15, -0.1) is 0 Å². The van der Waals surface area contributed by atoms with Crippen molar-refractivity contribution in [2.45, 2.75) is 57.8 Å². The van der Waals surface area contributed by atoms with E-state index in [1.165, 1.54) is 0 Å². The molecule has 0 aliphatic heterocycles. The summed E-state index contributed by atoms with van der Waals surface area (Å²) in [6, 6.07) is 24.0. The summed E-state index contributed by atoms with van der Waals surface area (Å²) in [4.78, 5) is 25.1. The number of aliphatic carboxylic acids is 1. The summed E-state index contributed by atoms with van der Waals surface area (Å²) in [7, 11) is 0. The molecule has 0 aliphatic carbocycles. The fourth-order valence-corrected chi connectivity index (χ4v) is 5.47. The van der Waals surface area contributed by atoms with E-state index in [-0.39, 0.29) is 24.7 Å². The second-order valence-corrected chi connectivity index (χ2v) is 11.4. The van der Waals surface area contributed by atoms with E-state index in [2.05, 4.69) is 9.88 Å². The average molecular weight is 610 g/mol. The first-order valence-electron chi connectivity index (χ1n) is 13.8. The van der Waals surface area contributed by atoms with E-state index < -0.39 is 24.6 Å². The average Bonchev–Trinajstić information content (AvgIpc) is 3.29. The number of aromatic nitrogens is 1. The maximum atomic E-state index is 14.1. The van der Waals surface area contributed by atoms with Crippen LogP contribution in [0.3, 0.4) is 0 Å². The van der Waals surface area contributed by atoms with E-state index in [0.29, 0.717) is 27.8 Å². The summed E-state index contributed by atoms with van der Waals surface area (Å²) in [6.45, 7) is 4.34. The van der Waals surface area contributed by atoms with Gasteiger partial charge in [0.2, 0.25) is 0 Å². The van der Waals surface area contributed by atoms with Crippen LogP contribution in [0.2, 0.25) is 10.0 Å². The number of nitrogens with one attached hydrogen (secondary N) is 1. The SMILES string of the molecule is CC(C)c1c(C(=O)Nc2ccc(Cl)cc2)c(-c2ccccc2)c(-c2ccc(Cl)cc2)n1CCC(O)CC(O)CC(=O)O. The van der Waals surface area contributed by atoms with Crippen molar-refractivity contribution in [3.8, 4) is 22.4 Å². The van der Waals surface area contributed by atoms with Crippen molar-refractivity contribution >= 4 is 40.8 Å². The Morgan fingerprint density at radius 3 is 2.00 bits per heavy atom. The molecule has 3 aromatic carbocycles. The third-order valence-corrected chi connectivity index (χ3v) is 7.50. The summed E-state index contributed by atoms with van der Waals surface area (Å²) in [5, 5.41) is 34.0. The number of carbonyl (C=O) groups excluding carboxylic acids is 1. The molecule has 2 atom stereocenters. The molecular formula is C33H34Cl2N2O5. The lowest BCUT2D eigenvalue weighted by atomic mass is 9.94. The number of carboxylic acids is 1. The highest BCUT2D eigenvalue weighted by Crippen LogP contribution is 2.43. The summed E-state index contributed by atoms with van der Waals surface area (Å²) in [5.41, 5.74) is 5.12. The molecule has 9 heteroatoms. The standard InChI is InChI=1S/C33H34Cl2N2O5/c1-20(2)31-30(33(42)36-25-14-12-24(35)13-15-25)29(21-6-4-3-5-7-21)32(22-8-10-23(34)11-9-22)37(31)17-16-26(38)18-27(39)19-28(40)41/h3-15,20,26-27,38-39H,16-19H2,1-2H3,(H,36,42)(H,40,41). The third kappa shape index (κ3) is 7.61. The van der Waals surface area contributed by atoms with Crippen LogP contribution >= 0.6 is 23.2 Å². The highest BCUT2D eigenvalue weighted by atomic mass is 35.5. The number of amides is 1. The lowest BCUT2D eigenvalue weighted by Gasteiger charge is -2.20. The van der Waals surface area contributed by atoms with Gasteiger partial charge in [-0.05, 0) is 66.3 Å². The number of nitrogens with zero attached hydrogens (tertiary/aromatic N) is 1. The Morgan fingerprint density at radius 2 is 1.43 bits per heavy atom. The predicted octanol–water partition coefficient (Wildman–Crippen LogP) is 7.48. The predicted molar refractivity (Wildman–Crippen MR) is 167 cm³/mol. The summed E-state index contributed by atoms with van der Waals surface area (Å²) in [6.07, 6.45) is -2.40. The van der Waals surface area contributed by atoms with E-state index in [1.54, 1.807) is 36.4 Å². The Kier molecular flexibility index (Phi) is 10.5. The molecule has 0 saturated carbocycles. The van der Waals surface area contributed by atoms with E-state index >= 15 is 0 Å². The Hall–Kier alpha value is -3.62. The van der Waals surface area contributed by atoms with Crippen LogP contribution in [0.15, 0.2) is 78.9 Å². The molecule has 7 nitrogen and oxygen atoms in total. The van der Waals surface area contributed by atoms with Gasteiger partial charge in [-0.1, -0.05) is 79.5 Å². The minimum Gasteiger partial charge on any atom is -0.481 e. The van der Waals surface area contributed by atoms with E-state index in [9.17, 15) is 19.8 Å². The van der Waals surface area contributed by atoms with Crippen LogP contribution in [0.1, 0.15) is 55.1 Å². The van der Waals surface area contributed by atoms with Gasteiger partial charge in [-0.2, -0.15) is 0 Å². The van der Waals surface area contributed by atoms with Gasteiger partial charge in [-0.3, -0.25) is 9.59 Å². The first kappa shape index (κ1) is 31.3. The molecule has 4 aromatic rings. The molecule has 220 valence electrons. The van der Waals surface area contributed by atoms with Crippen molar-refractivity contribution in [2.75, 3.05) is 5.32 Å². The number of aliphatic hydroxyl groups excluding tert-OH is 2. The number of rotatable bonds is 12. The minimum absolute atomic E-state index is 0.0731. The van der Waals surface area contributed by atoms with Crippen molar-refractivity contribution in [2.24, 2.45) is 0 Å². The molecule has 4 N–H and O–H groups in total. The van der Waals surface area contributed by atoms with E-state index in [4.69, 9.17) is 28.3 Å². The number of hydrogen-bond donors (Lipinski definition) is 4. The van der Waals surface area contributed by atoms with Crippen molar-refractivity contribution in [1.82, 2.24) is 4.57 Å². The quantitative estimate of drug-likeness (QED) is 0.133.